The largest absolute Gasteiger partial charge is 0.483 e. The van der Waals surface area contributed by atoms with E-state index in [1.807, 2.05) is 44.2 Å². The quantitative estimate of drug-likeness (QED) is 0.377. The van der Waals surface area contributed by atoms with E-state index in [9.17, 15) is 24.0 Å². The fourth-order valence-electron chi connectivity index (χ4n) is 5.49. The van der Waals surface area contributed by atoms with Crippen molar-refractivity contribution in [3.63, 3.8) is 0 Å². The van der Waals surface area contributed by atoms with Crippen LogP contribution in [0.25, 0.3) is 0 Å². The molecule has 0 radical (unpaired) electrons. The molecule has 12 nitrogen and oxygen atoms in total. The molecule has 0 unspecified atom stereocenters. The number of anilines is 1. The van der Waals surface area contributed by atoms with Gasteiger partial charge in [-0.1, -0.05) is 36.4 Å². The Labute approximate surface area is 264 Å². The summed E-state index contributed by atoms with van der Waals surface area (Å²) in [4.78, 5) is 72.1. The molecule has 3 aromatic rings. The lowest BCUT2D eigenvalue weighted by molar-refractivity contribution is -0.123. The summed E-state index contributed by atoms with van der Waals surface area (Å²) in [6.45, 7) is 4.85. The van der Waals surface area contributed by atoms with Crippen molar-refractivity contribution in [3.05, 3.63) is 117 Å². The van der Waals surface area contributed by atoms with Crippen molar-refractivity contribution in [1.29, 1.82) is 0 Å². The van der Waals surface area contributed by atoms with E-state index in [1.165, 1.54) is 23.2 Å². The summed E-state index contributed by atoms with van der Waals surface area (Å²) in [5.41, 5.74) is 1.97. The van der Waals surface area contributed by atoms with E-state index in [-0.39, 0.29) is 60.1 Å². The molecule has 2 aromatic carbocycles. The van der Waals surface area contributed by atoms with E-state index < -0.39 is 17.2 Å². The number of amides is 4. The van der Waals surface area contributed by atoms with Gasteiger partial charge in [-0.05, 0) is 49.8 Å². The third-order valence-electron chi connectivity index (χ3n) is 7.88. The SMILES string of the molecule is CC(C)N1CCn2c(CNC(=O)c3cccc(NC(=O)C4=CN5C(=O)CN=C5C=C4)c3)cc(=O)c(OCc3ccccc3)c2C1=O. The Morgan fingerprint density at radius 2 is 1.76 bits per heavy atom. The van der Waals surface area contributed by atoms with Gasteiger partial charge >= 0.3 is 0 Å². The van der Waals surface area contributed by atoms with E-state index >= 15 is 0 Å². The number of ether oxygens (including phenoxy) is 1. The summed E-state index contributed by atoms with van der Waals surface area (Å²) in [5.74, 6) is -0.943. The first-order chi connectivity index (χ1) is 22.2. The molecule has 12 heteroatoms. The molecule has 234 valence electrons. The third-order valence-corrected chi connectivity index (χ3v) is 7.88. The van der Waals surface area contributed by atoms with Gasteiger partial charge in [0.25, 0.3) is 23.6 Å². The number of aliphatic imine (C=N–C) groups is 1. The van der Waals surface area contributed by atoms with Crippen LogP contribution in [0.5, 0.6) is 5.75 Å². The smallest absolute Gasteiger partial charge is 0.274 e. The molecule has 4 amide bonds. The van der Waals surface area contributed by atoms with E-state index in [2.05, 4.69) is 15.6 Å². The number of hydrogen-bond acceptors (Lipinski definition) is 7. The average molecular weight is 621 g/mol. The lowest BCUT2D eigenvalue weighted by Gasteiger charge is -2.35. The van der Waals surface area contributed by atoms with Gasteiger partial charge in [-0.15, -0.1) is 0 Å². The molecule has 6 rings (SSSR count). The molecule has 0 bridgehead atoms. The maximum Gasteiger partial charge on any atom is 0.274 e. The maximum atomic E-state index is 13.6. The number of benzene rings is 2. The second-order valence-electron chi connectivity index (χ2n) is 11.3. The van der Waals surface area contributed by atoms with Crippen molar-refractivity contribution >= 4 is 35.2 Å². The number of nitrogens with zero attached hydrogens (tertiary/aromatic N) is 4. The van der Waals surface area contributed by atoms with Gasteiger partial charge in [-0.3, -0.25) is 33.9 Å². The number of hydrogen-bond donors (Lipinski definition) is 2. The van der Waals surface area contributed by atoms with Gasteiger partial charge in [0.2, 0.25) is 5.43 Å². The first-order valence-electron chi connectivity index (χ1n) is 14.9. The Hall–Kier alpha value is -5.78. The minimum atomic E-state index is -0.451. The average Bonchev–Trinajstić information content (AvgIpc) is 3.43. The van der Waals surface area contributed by atoms with Crippen molar-refractivity contribution in [2.75, 3.05) is 18.4 Å². The summed E-state index contributed by atoms with van der Waals surface area (Å²) in [5, 5.41) is 5.59. The van der Waals surface area contributed by atoms with E-state index in [0.717, 1.165) is 5.56 Å². The first kappa shape index (κ1) is 30.3. The Bertz CT molecular complexity index is 1890. The van der Waals surface area contributed by atoms with Crippen LogP contribution >= 0.6 is 0 Å². The van der Waals surface area contributed by atoms with Crippen LogP contribution in [-0.4, -0.2) is 63.0 Å². The lowest BCUT2D eigenvalue weighted by Crippen LogP contribution is -2.46. The molecule has 46 heavy (non-hydrogen) atoms. The Balaban J connectivity index is 1.18. The van der Waals surface area contributed by atoms with Crippen LogP contribution < -0.4 is 20.8 Å². The zero-order valence-electron chi connectivity index (χ0n) is 25.4. The highest BCUT2D eigenvalue weighted by Crippen LogP contribution is 2.25. The number of fused-ring (bicyclic) bond motifs is 2. The number of pyridine rings is 1. The molecule has 0 spiro atoms. The van der Waals surface area contributed by atoms with Crippen LogP contribution in [0, 0.1) is 0 Å². The molecule has 0 atom stereocenters. The van der Waals surface area contributed by atoms with Crippen molar-refractivity contribution in [2.45, 2.75) is 39.6 Å². The van der Waals surface area contributed by atoms with Crippen molar-refractivity contribution < 1.29 is 23.9 Å². The molecule has 2 N–H and O–H groups in total. The predicted octanol–water partition coefficient (Wildman–Crippen LogP) is 2.85. The molecule has 1 aromatic heterocycles. The first-order valence-corrected chi connectivity index (χ1v) is 14.9. The van der Waals surface area contributed by atoms with Gasteiger partial charge in [0, 0.05) is 48.3 Å². The minimum absolute atomic E-state index is 0.0155. The number of carbonyl (C=O) groups excluding carboxylic acids is 4. The van der Waals surface area contributed by atoms with E-state index in [0.29, 0.717) is 30.3 Å². The number of nitrogens with one attached hydrogen (secondary N) is 2. The molecule has 0 saturated heterocycles. The van der Waals surface area contributed by atoms with Crippen LogP contribution in [0.1, 0.15) is 46.0 Å². The summed E-state index contributed by atoms with van der Waals surface area (Å²) in [7, 11) is 0. The summed E-state index contributed by atoms with van der Waals surface area (Å²) in [6, 6.07) is 17.1. The standard InChI is InChI=1S/C34H32N6O6/c1-21(2)38-13-14-39-26(16-27(41)31(30(39)34(38)45)46-20-22-7-4-3-5-8-22)17-36-32(43)23-9-6-10-25(15-23)37-33(44)24-11-12-28-35-18-29(42)40(28)19-24/h3-12,15-16,19,21H,13-14,17-18,20H2,1-2H3,(H,36,43)(H,37,44). The van der Waals surface area contributed by atoms with Gasteiger partial charge in [-0.25, -0.2) is 0 Å². The molecule has 0 saturated carbocycles. The fraction of sp³-hybridized carbons (Fsp3) is 0.235. The van der Waals surface area contributed by atoms with Gasteiger partial charge in [0.05, 0.1) is 12.1 Å². The number of rotatable bonds is 9. The van der Waals surface area contributed by atoms with Crippen LogP contribution in [0.4, 0.5) is 5.69 Å². The molecular formula is C34H32N6O6. The Morgan fingerprint density at radius 3 is 2.54 bits per heavy atom. The van der Waals surface area contributed by atoms with Crippen LogP contribution in [0.2, 0.25) is 0 Å². The zero-order valence-corrected chi connectivity index (χ0v) is 25.4. The van der Waals surface area contributed by atoms with Crippen molar-refractivity contribution in [3.8, 4) is 5.75 Å². The second-order valence-corrected chi connectivity index (χ2v) is 11.3. The van der Waals surface area contributed by atoms with Gasteiger partial charge < -0.3 is 24.8 Å². The zero-order chi connectivity index (χ0) is 32.4. The van der Waals surface area contributed by atoms with Crippen molar-refractivity contribution in [1.82, 2.24) is 19.7 Å². The maximum absolute atomic E-state index is 13.6. The van der Waals surface area contributed by atoms with Gasteiger partial charge in [0.1, 0.15) is 19.0 Å². The highest BCUT2D eigenvalue weighted by molar-refractivity contribution is 6.15. The number of carbonyl (C=O) groups is 4. The van der Waals surface area contributed by atoms with Crippen LogP contribution in [-0.2, 0) is 29.3 Å². The van der Waals surface area contributed by atoms with Crippen molar-refractivity contribution in [2.24, 2.45) is 4.99 Å². The normalized spacial score (nSPS) is 15.3. The van der Waals surface area contributed by atoms with Crippen LogP contribution in [0.15, 0.2) is 94.4 Å². The van der Waals surface area contributed by atoms with Crippen LogP contribution in [0.3, 0.4) is 0 Å². The molecule has 4 heterocycles. The summed E-state index contributed by atoms with van der Waals surface area (Å²) >= 11 is 0. The van der Waals surface area contributed by atoms with E-state index in [4.69, 9.17) is 4.74 Å². The minimum Gasteiger partial charge on any atom is -0.483 e. The molecule has 0 fully saturated rings. The summed E-state index contributed by atoms with van der Waals surface area (Å²) < 4.78 is 7.69. The summed E-state index contributed by atoms with van der Waals surface area (Å²) in [6.07, 6.45) is 4.61. The number of amidine groups is 1. The second kappa shape index (κ2) is 12.7. The Kier molecular flexibility index (Phi) is 8.34. The predicted molar refractivity (Wildman–Crippen MR) is 170 cm³/mol. The molecule has 3 aliphatic heterocycles. The highest BCUT2D eigenvalue weighted by atomic mass is 16.5. The molecule has 0 aliphatic carbocycles. The number of aromatic nitrogens is 1. The molecular weight excluding hydrogens is 588 g/mol. The lowest BCUT2D eigenvalue weighted by atomic mass is 10.1. The Morgan fingerprint density at radius 1 is 0.957 bits per heavy atom. The molecule has 3 aliphatic rings. The monoisotopic (exact) mass is 620 g/mol. The van der Waals surface area contributed by atoms with Gasteiger partial charge in [-0.2, -0.15) is 0 Å². The highest BCUT2D eigenvalue weighted by Gasteiger charge is 2.32. The van der Waals surface area contributed by atoms with E-state index in [1.54, 1.807) is 39.8 Å². The fourth-order valence-corrected chi connectivity index (χ4v) is 5.49. The van der Waals surface area contributed by atoms with Gasteiger partial charge in [0.15, 0.2) is 11.4 Å². The third kappa shape index (κ3) is 6.09. The topological polar surface area (TPSA) is 142 Å².